The zero-order valence-electron chi connectivity index (χ0n) is 14.0. The summed E-state index contributed by atoms with van der Waals surface area (Å²) in [5.74, 6) is -0.387. The number of carbonyl (C=O) groups is 2. The molecular weight excluding hydrogens is 344 g/mol. The van der Waals surface area contributed by atoms with E-state index in [2.05, 4.69) is 32.5 Å². The number of amides is 1. The van der Waals surface area contributed by atoms with Crippen LogP contribution in [-0.2, 0) is 4.74 Å². The Morgan fingerprint density at radius 3 is 2.64 bits per heavy atom. The summed E-state index contributed by atoms with van der Waals surface area (Å²) in [6.07, 6.45) is 2.10. The quantitative estimate of drug-likeness (QED) is 0.579. The summed E-state index contributed by atoms with van der Waals surface area (Å²) in [6.45, 7) is 2.90. The fourth-order valence-corrected chi connectivity index (χ4v) is 2.16. The molecule has 0 aliphatic carbocycles. The van der Waals surface area contributed by atoms with Gasteiger partial charge in [-0.25, -0.2) is 4.79 Å². The molecule has 1 heterocycles. The number of rotatable bonds is 7. The summed E-state index contributed by atoms with van der Waals surface area (Å²) in [4.78, 5) is 23.9. The molecule has 0 saturated carbocycles. The predicted octanol–water partition coefficient (Wildman–Crippen LogP) is 3.38. The van der Waals surface area contributed by atoms with Crippen molar-refractivity contribution in [3.8, 4) is 0 Å². The van der Waals surface area contributed by atoms with Gasteiger partial charge < -0.3 is 15.4 Å². The highest BCUT2D eigenvalue weighted by Crippen LogP contribution is 2.24. The van der Waals surface area contributed by atoms with E-state index < -0.39 is 11.9 Å². The molecule has 1 aromatic carbocycles. The van der Waals surface area contributed by atoms with Crippen LogP contribution in [0.3, 0.4) is 0 Å². The predicted molar refractivity (Wildman–Crippen MR) is 96.2 cm³/mol. The third-order valence-electron chi connectivity index (χ3n) is 3.37. The Hall–Kier alpha value is -2.67. The van der Waals surface area contributed by atoms with Gasteiger partial charge >= 0.3 is 5.97 Å². The van der Waals surface area contributed by atoms with E-state index in [1.54, 1.807) is 12.1 Å². The summed E-state index contributed by atoms with van der Waals surface area (Å²) >= 11 is 6.06. The second kappa shape index (κ2) is 8.98. The number of nitrogens with zero attached hydrogens (tertiary/aromatic N) is 2. The number of unbranched alkanes of at least 4 members (excludes halogenated alkanes) is 1. The molecule has 7 nitrogen and oxygen atoms in total. The van der Waals surface area contributed by atoms with Crippen LogP contribution in [0, 0.1) is 0 Å². The fraction of sp³-hybridized carbons (Fsp3) is 0.294. The molecule has 0 aliphatic heterocycles. The molecule has 1 amide bonds. The zero-order valence-corrected chi connectivity index (χ0v) is 14.8. The van der Waals surface area contributed by atoms with Crippen molar-refractivity contribution in [3.05, 3.63) is 46.6 Å². The number of anilines is 2. The van der Waals surface area contributed by atoms with E-state index in [0.29, 0.717) is 16.5 Å². The average Bonchev–Trinajstić information content (AvgIpc) is 2.63. The maximum atomic E-state index is 12.3. The molecule has 0 spiro atoms. The van der Waals surface area contributed by atoms with E-state index in [4.69, 9.17) is 11.6 Å². The largest absolute Gasteiger partial charge is 0.465 e. The van der Waals surface area contributed by atoms with E-state index >= 15 is 0 Å². The minimum absolute atomic E-state index is 0.139. The fourth-order valence-electron chi connectivity index (χ4n) is 1.99. The van der Waals surface area contributed by atoms with Gasteiger partial charge in [0.2, 0.25) is 0 Å². The molecule has 0 unspecified atom stereocenters. The normalized spacial score (nSPS) is 10.2. The van der Waals surface area contributed by atoms with Crippen LogP contribution in [0.25, 0.3) is 0 Å². The monoisotopic (exact) mass is 362 g/mol. The molecule has 2 aromatic rings. The van der Waals surface area contributed by atoms with Crippen molar-refractivity contribution in [3.63, 3.8) is 0 Å². The number of methoxy groups -OCH3 is 1. The third kappa shape index (κ3) is 5.15. The lowest BCUT2D eigenvalue weighted by Gasteiger charge is -2.09. The molecule has 0 bridgehead atoms. The van der Waals surface area contributed by atoms with E-state index in [-0.39, 0.29) is 11.3 Å². The van der Waals surface area contributed by atoms with Crippen LogP contribution in [0.2, 0.25) is 5.02 Å². The van der Waals surface area contributed by atoms with Crippen LogP contribution < -0.4 is 10.6 Å². The van der Waals surface area contributed by atoms with E-state index in [1.807, 2.05) is 0 Å². The molecule has 25 heavy (non-hydrogen) atoms. The van der Waals surface area contributed by atoms with Crippen molar-refractivity contribution in [1.29, 1.82) is 0 Å². The first-order valence-corrected chi connectivity index (χ1v) is 8.19. The minimum atomic E-state index is -0.519. The standard InChI is InChI=1S/C17H19ClN4O3/c1-3-4-9-19-15-8-7-13(21-22-15)16(23)20-14-10-11(17(24)25-2)5-6-12(14)18/h5-8,10H,3-4,9H2,1-2H3,(H,19,22)(H,20,23). The second-order valence-electron chi connectivity index (χ2n) is 5.22. The van der Waals surface area contributed by atoms with Crippen molar-refractivity contribution >= 4 is 35.0 Å². The first kappa shape index (κ1) is 18.7. The summed E-state index contributed by atoms with van der Waals surface area (Å²) < 4.78 is 4.65. The molecule has 2 N–H and O–H groups in total. The van der Waals surface area contributed by atoms with Crippen molar-refractivity contribution in [2.24, 2.45) is 0 Å². The number of benzene rings is 1. The molecule has 0 fully saturated rings. The van der Waals surface area contributed by atoms with E-state index in [9.17, 15) is 9.59 Å². The number of hydrogen-bond acceptors (Lipinski definition) is 6. The Labute approximate surface area is 150 Å². The maximum Gasteiger partial charge on any atom is 0.337 e. The molecule has 0 radical (unpaired) electrons. The highest BCUT2D eigenvalue weighted by Gasteiger charge is 2.13. The molecule has 1 aromatic heterocycles. The number of ether oxygens (including phenoxy) is 1. The number of halogens is 1. The van der Waals surface area contributed by atoms with Gasteiger partial charge in [-0.2, -0.15) is 0 Å². The highest BCUT2D eigenvalue weighted by molar-refractivity contribution is 6.34. The van der Waals surface area contributed by atoms with Gasteiger partial charge in [-0.05, 0) is 36.8 Å². The summed E-state index contributed by atoms with van der Waals surface area (Å²) in [5.41, 5.74) is 0.714. The average molecular weight is 363 g/mol. The lowest BCUT2D eigenvalue weighted by Crippen LogP contribution is -2.16. The molecule has 0 aliphatic rings. The van der Waals surface area contributed by atoms with Crippen molar-refractivity contribution in [1.82, 2.24) is 10.2 Å². The molecule has 132 valence electrons. The van der Waals surface area contributed by atoms with E-state index in [1.165, 1.54) is 25.3 Å². The number of hydrogen-bond donors (Lipinski definition) is 2. The first-order valence-electron chi connectivity index (χ1n) is 7.82. The van der Waals surface area contributed by atoms with Crippen LogP contribution in [0.15, 0.2) is 30.3 Å². The van der Waals surface area contributed by atoms with Crippen molar-refractivity contribution < 1.29 is 14.3 Å². The molecule has 2 rings (SSSR count). The number of carbonyl (C=O) groups excluding carboxylic acids is 2. The Kier molecular flexibility index (Phi) is 6.71. The van der Waals surface area contributed by atoms with Gasteiger partial charge in [0, 0.05) is 6.54 Å². The molecular formula is C17H19ClN4O3. The van der Waals surface area contributed by atoms with E-state index in [0.717, 1.165) is 19.4 Å². The summed E-state index contributed by atoms with van der Waals surface area (Å²) in [5, 5.41) is 13.9. The SMILES string of the molecule is CCCCNc1ccc(C(=O)Nc2cc(C(=O)OC)ccc2Cl)nn1. The third-order valence-corrected chi connectivity index (χ3v) is 3.70. The number of esters is 1. The Balaban J connectivity index is 2.07. The van der Waals surface area contributed by atoms with Gasteiger partial charge in [0.1, 0.15) is 5.82 Å². The number of nitrogens with one attached hydrogen (secondary N) is 2. The highest BCUT2D eigenvalue weighted by atomic mass is 35.5. The second-order valence-corrected chi connectivity index (χ2v) is 5.63. The Bertz CT molecular complexity index is 750. The van der Waals surface area contributed by atoms with Crippen LogP contribution in [0.4, 0.5) is 11.5 Å². The summed E-state index contributed by atoms with van der Waals surface area (Å²) in [6, 6.07) is 7.72. The smallest absolute Gasteiger partial charge is 0.337 e. The van der Waals surface area contributed by atoms with Gasteiger partial charge in [0.05, 0.1) is 23.4 Å². The topological polar surface area (TPSA) is 93.2 Å². The lowest BCUT2D eigenvalue weighted by molar-refractivity contribution is 0.0600. The van der Waals surface area contributed by atoms with Gasteiger partial charge in [-0.1, -0.05) is 24.9 Å². The van der Waals surface area contributed by atoms with Gasteiger partial charge in [-0.15, -0.1) is 10.2 Å². The van der Waals surface area contributed by atoms with Gasteiger partial charge in [0.15, 0.2) is 5.69 Å². The van der Waals surface area contributed by atoms with Crippen LogP contribution >= 0.6 is 11.6 Å². The van der Waals surface area contributed by atoms with Gasteiger partial charge in [0.25, 0.3) is 5.91 Å². The van der Waals surface area contributed by atoms with Crippen molar-refractivity contribution in [2.75, 3.05) is 24.3 Å². The zero-order chi connectivity index (χ0) is 18.2. The molecule has 0 atom stereocenters. The van der Waals surface area contributed by atoms with Crippen molar-refractivity contribution in [2.45, 2.75) is 19.8 Å². The molecule has 0 saturated heterocycles. The maximum absolute atomic E-state index is 12.3. The molecule has 8 heteroatoms. The van der Waals surface area contributed by atoms with Crippen LogP contribution in [-0.4, -0.2) is 35.7 Å². The summed E-state index contributed by atoms with van der Waals surface area (Å²) in [7, 11) is 1.28. The van der Waals surface area contributed by atoms with Gasteiger partial charge in [-0.3, -0.25) is 4.79 Å². The number of aromatic nitrogens is 2. The lowest BCUT2D eigenvalue weighted by atomic mass is 10.2. The Morgan fingerprint density at radius 2 is 2.00 bits per heavy atom. The van der Waals surface area contributed by atoms with Crippen LogP contribution in [0.5, 0.6) is 0 Å². The van der Waals surface area contributed by atoms with Crippen LogP contribution in [0.1, 0.15) is 40.6 Å². The first-order chi connectivity index (χ1) is 12.0. The minimum Gasteiger partial charge on any atom is -0.465 e. The Morgan fingerprint density at radius 1 is 1.20 bits per heavy atom.